The summed E-state index contributed by atoms with van der Waals surface area (Å²) in [7, 11) is 1.70. The molecule has 3 heterocycles. The van der Waals surface area contributed by atoms with Crippen LogP contribution in [0.25, 0.3) is 11.0 Å². The maximum atomic E-state index is 13.1. The third kappa shape index (κ3) is 6.83. The van der Waals surface area contributed by atoms with Crippen LogP contribution >= 0.6 is 0 Å². The fourth-order valence-corrected chi connectivity index (χ4v) is 3.93. The van der Waals surface area contributed by atoms with Crippen molar-refractivity contribution in [2.45, 2.75) is 33.0 Å². The van der Waals surface area contributed by atoms with Crippen molar-refractivity contribution in [3.05, 3.63) is 52.3 Å². The largest absolute Gasteiger partial charge is 0.453 e. The van der Waals surface area contributed by atoms with Crippen molar-refractivity contribution in [2.24, 2.45) is 12.8 Å². The van der Waals surface area contributed by atoms with Crippen LogP contribution in [0, 0.1) is 11.8 Å². The number of fused-ring (bicyclic) bond motifs is 1. The van der Waals surface area contributed by atoms with Gasteiger partial charge in [0.05, 0.1) is 18.3 Å². The lowest BCUT2D eigenvalue weighted by Crippen LogP contribution is -2.44. The topological polar surface area (TPSA) is 107 Å². The highest BCUT2D eigenvalue weighted by molar-refractivity contribution is 5.97. The van der Waals surface area contributed by atoms with E-state index in [-0.39, 0.29) is 24.7 Å². The molecular weight excluding hydrogens is 489 g/mol. The van der Waals surface area contributed by atoms with Crippen molar-refractivity contribution in [3.8, 4) is 17.6 Å². The second kappa shape index (κ2) is 11.8. The maximum absolute atomic E-state index is 13.1. The van der Waals surface area contributed by atoms with Gasteiger partial charge in [-0.25, -0.2) is 9.78 Å². The number of imidazole rings is 1. The lowest BCUT2D eigenvalue weighted by Gasteiger charge is -2.29. The molecule has 0 atom stereocenters. The molecule has 0 radical (unpaired) electrons. The molecule has 37 heavy (non-hydrogen) atoms. The smallest absolute Gasteiger partial charge is 0.386 e. The van der Waals surface area contributed by atoms with Gasteiger partial charge in [-0.2, -0.15) is 13.2 Å². The van der Waals surface area contributed by atoms with Crippen LogP contribution in [0.5, 0.6) is 5.75 Å². The van der Waals surface area contributed by atoms with Crippen LogP contribution in [-0.4, -0.2) is 52.4 Å². The molecule has 4 rings (SSSR count). The highest BCUT2D eigenvalue weighted by atomic mass is 19.4. The molecule has 1 saturated heterocycles. The molecule has 1 amide bonds. The molecule has 0 unspecified atom stereocenters. The number of nitrogens with zero attached hydrogens (tertiary/aromatic N) is 4. The second-order valence-corrected chi connectivity index (χ2v) is 8.29. The maximum Gasteiger partial charge on any atom is 0.386 e. The number of aromatic nitrogens is 3. The molecule has 3 N–H and O–H groups in total. The van der Waals surface area contributed by atoms with E-state index in [1.807, 2.05) is 6.08 Å². The van der Waals surface area contributed by atoms with E-state index in [0.717, 1.165) is 26.2 Å². The van der Waals surface area contributed by atoms with Gasteiger partial charge in [-0.3, -0.25) is 13.9 Å². The molecule has 0 spiro atoms. The van der Waals surface area contributed by atoms with Crippen LogP contribution in [0.4, 0.5) is 19.0 Å². The van der Waals surface area contributed by atoms with E-state index in [0.29, 0.717) is 34.8 Å². The highest BCUT2D eigenvalue weighted by Crippen LogP contribution is 2.33. The first-order valence-electron chi connectivity index (χ1n) is 11.6. The number of amides is 1. The molecule has 1 aliphatic carbocycles. The Morgan fingerprint density at radius 1 is 1.27 bits per heavy atom. The summed E-state index contributed by atoms with van der Waals surface area (Å²) in [4.78, 5) is 31.9. The van der Waals surface area contributed by atoms with Crippen LogP contribution in [0.3, 0.4) is 0 Å². The minimum Gasteiger partial charge on any atom is -0.453 e. The molecule has 2 aromatic rings. The van der Waals surface area contributed by atoms with Crippen molar-refractivity contribution < 1.29 is 22.7 Å². The average Bonchev–Trinajstić information content (AvgIpc) is 2.98. The number of ether oxygens (including phenoxy) is 1. The van der Waals surface area contributed by atoms with Gasteiger partial charge in [0.15, 0.2) is 11.6 Å². The van der Waals surface area contributed by atoms with Crippen molar-refractivity contribution in [2.75, 3.05) is 31.1 Å². The zero-order valence-electron chi connectivity index (χ0n) is 20.9. The van der Waals surface area contributed by atoms with E-state index >= 15 is 0 Å². The van der Waals surface area contributed by atoms with Crippen LogP contribution in [0.2, 0.25) is 0 Å². The number of hydrogen-bond donors (Lipinski definition) is 2. The Bertz CT molecular complexity index is 1360. The van der Waals surface area contributed by atoms with Crippen LogP contribution in [-0.2, 0) is 18.4 Å². The molecule has 1 aliphatic heterocycles. The van der Waals surface area contributed by atoms with Gasteiger partial charge in [0.2, 0.25) is 0 Å². The number of anilines is 1. The minimum absolute atomic E-state index is 0.188. The quantitative estimate of drug-likeness (QED) is 0.589. The number of allylic oxidation sites excluding steroid dienone is 4. The molecular formula is C25H29F3N6O3. The summed E-state index contributed by atoms with van der Waals surface area (Å²) in [6.45, 7) is 5.39. The van der Waals surface area contributed by atoms with E-state index in [9.17, 15) is 22.8 Å². The first-order chi connectivity index (χ1) is 17.5. The molecule has 9 nitrogen and oxygen atoms in total. The Morgan fingerprint density at radius 3 is 2.57 bits per heavy atom. The summed E-state index contributed by atoms with van der Waals surface area (Å²) in [6, 6.07) is 0. The zero-order valence-corrected chi connectivity index (χ0v) is 20.9. The Morgan fingerprint density at radius 2 is 1.95 bits per heavy atom. The Balaban J connectivity index is 0.000000695. The van der Waals surface area contributed by atoms with E-state index in [1.54, 1.807) is 47.5 Å². The van der Waals surface area contributed by atoms with Gasteiger partial charge >= 0.3 is 11.9 Å². The van der Waals surface area contributed by atoms with E-state index in [4.69, 9.17) is 10.5 Å². The van der Waals surface area contributed by atoms with E-state index in [1.165, 1.54) is 0 Å². The predicted molar refractivity (Wildman–Crippen MR) is 135 cm³/mol. The van der Waals surface area contributed by atoms with Gasteiger partial charge < -0.3 is 20.7 Å². The Hall–Kier alpha value is -3.98. The predicted octanol–water partition coefficient (Wildman–Crippen LogP) is 2.37. The normalized spacial score (nSPS) is 15.6. The minimum atomic E-state index is -4.00. The Labute approximate surface area is 212 Å². The molecule has 2 aromatic heterocycles. The van der Waals surface area contributed by atoms with E-state index in [2.05, 4.69) is 27.0 Å². The van der Waals surface area contributed by atoms with Gasteiger partial charge in [0, 0.05) is 40.2 Å². The summed E-state index contributed by atoms with van der Waals surface area (Å²) in [6.07, 6.45) is 5.27. The fourth-order valence-electron chi connectivity index (χ4n) is 3.93. The van der Waals surface area contributed by atoms with Gasteiger partial charge in [0.1, 0.15) is 16.8 Å². The molecule has 1 fully saturated rings. The van der Waals surface area contributed by atoms with Crippen LogP contribution < -0.4 is 26.4 Å². The average molecular weight is 519 g/mol. The third-order valence-electron chi connectivity index (χ3n) is 5.52. The number of halogens is 3. The number of carbonyl (C=O) groups is 1. The number of primary amides is 1. The van der Waals surface area contributed by atoms with Gasteiger partial charge in [-0.15, -0.1) is 5.92 Å². The summed E-state index contributed by atoms with van der Waals surface area (Å²) in [5.41, 5.74) is 6.88. The van der Waals surface area contributed by atoms with E-state index < -0.39 is 12.1 Å². The molecule has 0 aromatic carbocycles. The van der Waals surface area contributed by atoms with Gasteiger partial charge in [-0.1, -0.05) is 18.1 Å². The molecule has 0 bridgehead atoms. The van der Waals surface area contributed by atoms with Crippen molar-refractivity contribution in [3.63, 3.8) is 0 Å². The highest BCUT2D eigenvalue weighted by Gasteiger charge is 2.25. The first-order valence-corrected chi connectivity index (χ1v) is 11.6. The number of rotatable bonds is 5. The second-order valence-electron chi connectivity index (χ2n) is 8.29. The Kier molecular flexibility index (Phi) is 8.83. The number of nitrogens with one attached hydrogen (secondary N) is 1. The number of carbonyl (C=O) groups excluding carboxylic acids is 1. The lowest BCUT2D eigenvalue weighted by atomic mass is 10.2. The summed E-state index contributed by atoms with van der Waals surface area (Å²) in [5.74, 6) is 6.68. The number of hydrogen-bond acceptors (Lipinski definition) is 6. The van der Waals surface area contributed by atoms with Crippen molar-refractivity contribution in [1.29, 1.82) is 0 Å². The molecule has 0 saturated carbocycles. The van der Waals surface area contributed by atoms with Gasteiger partial charge in [0.25, 0.3) is 5.91 Å². The number of piperazine rings is 1. The lowest BCUT2D eigenvalue weighted by molar-refractivity contribution is -0.114. The molecule has 2 aliphatic rings. The fraction of sp³-hybridized carbons (Fsp3) is 0.400. The van der Waals surface area contributed by atoms with Gasteiger partial charge in [-0.05, 0) is 25.5 Å². The number of aryl methyl sites for hydroxylation is 1. The number of alkyl halides is 3. The zero-order chi connectivity index (χ0) is 27.2. The molecule has 12 heteroatoms. The number of pyridine rings is 1. The van der Waals surface area contributed by atoms with Crippen molar-refractivity contribution >= 4 is 22.8 Å². The summed E-state index contributed by atoms with van der Waals surface area (Å²) >= 11 is 0. The standard InChI is InChI=1S/C23H26N6O3.C2H3F3/c1-3-4-12-29-20-19(27(2)23(29)31)18(15-26-22(20)28-13-10-25-11-14-28)32-17-9-7-5-6-8-16(17)21(24)30;1-2(3,4)5/h5-6,8-9,15,25H,7,10-14H2,1-2H3,(H2,24,30);1H3. The van der Waals surface area contributed by atoms with Crippen molar-refractivity contribution in [1.82, 2.24) is 19.4 Å². The first kappa shape index (κ1) is 27.6. The monoisotopic (exact) mass is 518 g/mol. The van der Waals surface area contributed by atoms with Crippen LogP contribution in [0.1, 0.15) is 20.3 Å². The van der Waals surface area contributed by atoms with Crippen LogP contribution in [0.15, 0.2) is 46.6 Å². The number of nitrogens with two attached hydrogens (primary N) is 1. The summed E-state index contributed by atoms with van der Waals surface area (Å²) in [5, 5.41) is 3.33. The SMILES string of the molecule is CC#CCn1c(=O)n(C)c2c(OC3=CCC=CC=C3C(N)=O)cnc(N3CCNCC3)c21.CC(F)(F)F. The summed E-state index contributed by atoms with van der Waals surface area (Å²) < 4.78 is 40.4. The molecule has 198 valence electrons. The third-order valence-corrected chi connectivity index (χ3v) is 5.52.